The van der Waals surface area contributed by atoms with Crippen molar-refractivity contribution < 1.29 is 0 Å². The number of halogens is 1. The maximum absolute atomic E-state index is 4.80. The molecule has 144 valence electrons. The van der Waals surface area contributed by atoms with E-state index in [2.05, 4.69) is 60.7 Å². The molecule has 1 aliphatic heterocycles. The number of nitrogens with zero attached hydrogens (tertiary/aromatic N) is 2. The van der Waals surface area contributed by atoms with Crippen molar-refractivity contribution >= 4 is 41.3 Å². The van der Waals surface area contributed by atoms with Crippen LogP contribution < -0.4 is 10.6 Å². The molecule has 0 aliphatic carbocycles. The van der Waals surface area contributed by atoms with Gasteiger partial charge in [-0.2, -0.15) is 0 Å². The van der Waals surface area contributed by atoms with E-state index in [1.165, 1.54) is 30.8 Å². The van der Waals surface area contributed by atoms with E-state index in [0.717, 1.165) is 31.5 Å². The smallest absolute Gasteiger partial charge is 0.191 e. The van der Waals surface area contributed by atoms with Crippen molar-refractivity contribution in [2.24, 2.45) is 10.9 Å². The lowest BCUT2D eigenvalue weighted by Crippen LogP contribution is -2.46. The van der Waals surface area contributed by atoms with Gasteiger partial charge in [0.25, 0.3) is 0 Å². The van der Waals surface area contributed by atoms with Gasteiger partial charge in [0.15, 0.2) is 5.96 Å². The second kappa shape index (κ2) is 12.1. The highest BCUT2D eigenvalue weighted by atomic mass is 127. The fraction of sp³-hybridized carbons (Fsp3) is 0.737. The summed E-state index contributed by atoms with van der Waals surface area (Å²) in [6, 6.07) is 4.97. The molecule has 0 bridgehead atoms. The normalized spacial score (nSPS) is 20.2. The van der Waals surface area contributed by atoms with Crippen molar-refractivity contribution in [1.29, 1.82) is 0 Å². The number of hydrogen-bond donors (Lipinski definition) is 2. The molecule has 1 aromatic rings. The molecule has 1 aliphatic rings. The van der Waals surface area contributed by atoms with Crippen LogP contribution in [0.25, 0.3) is 0 Å². The number of nitrogens with one attached hydrogen (secondary N) is 2. The first-order valence-electron chi connectivity index (χ1n) is 9.39. The molecule has 1 saturated heterocycles. The van der Waals surface area contributed by atoms with Crippen LogP contribution in [0.2, 0.25) is 0 Å². The van der Waals surface area contributed by atoms with Crippen LogP contribution in [0.15, 0.2) is 22.5 Å². The minimum atomic E-state index is 0. The Bertz CT molecular complexity index is 490. The predicted molar refractivity (Wildman–Crippen MR) is 122 cm³/mol. The maximum Gasteiger partial charge on any atom is 0.191 e. The van der Waals surface area contributed by atoms with Crippen LogP contribution in [0.1, 0.15) is 51.3 Å². The molecule has 6 heteroatoms. The van der Waals surface area contributed by atoms with E-state index in [4.69, 9.17) is 4.99 Å². The van der Waals surface area contributed by atoms with Gasteiger partial charge in [-0.1, -0.05) is 13.0 Å². The third-order valence-electron chi connectivity index (χ3n) is 4.74. The van der Waals surface area contributed by atoms with Crippen LogP contribution in [0.5, 0.6) is 0 Å². The Balaban J connectivity index is 0.00000312. The van der Waals surface area contributed by atoms with Crippen LogP contribution >= 0.6 is 35.3 Å². The van der Waals surface area contributed by atoms with Gasteiger partial charge in [0.1, 0.15) is 0 Å². The molecular weight excluding hydrogens is 443 g/mol. The zero-order chi connectivity index (χ0) is 17.4. The molecule has 2 atom stereocenters. The van der Waals surface area contributed by atoms with E-state index in [0.29, 0.717) is 12.0 Å². The quantitative estimate of drug-likeness (QED) is 0.352. The number of piperidine rings is 1. The Morgan fingerprint density at radius 2 is 2.16 bits per heavy atom. The molecule has 2 N–H and O–H groups in total. The molecule has 4 nitrogen and oxygen atoms in total. The SMILES string of the molecule is CCNC(=NCC(C)c1cccs1)NCC1CCCN(C(C)C)C1.I. The average Bonchev–Trinajstić information content (AvgIpc) is 3.12. The van der Waals surface area contributed by atoms with E-state index >= 15 is 0 Å². The van der Waals surface area contributed by atoms with Gasteiger partial charge < -0.3 is 15.5 Å². The van der Waals surface area contributed by atoms with Crippen molar-refractivity contribution in [3.63, 3.8) is 0 Å². The van der Waals surface area contributed by atoms with Gasteiger partial charge in [-0.05, 0) is 57.5 Å². The molecule has 0 aromatic carbocycles. The van der Waals surface area contributed by atoms with Crippen LogP contribution in [0, 0.1) is 5.92 Å². The molecule has 1 fully saturated rings. The predicted octanol–water partition coefficient (Wildman–Crippen LogP) is 4.15. The summed E-state index contributed by atoms with van der Waals surface area (Å²) in [4.78, 5) is 8.80. The van der Waals surface area contributed by atoms with Crippen molar-refractivity contribution in [2.45, 2.75) is 52.5 Å². The second-order valence-electron chi connectivity index (χ2n) is 7.11. The van der Waals surface area contributed by atoms with E-state index in [-0.39, 0.29) is 24.0 Å². The van der Waals surface area contributed by atoms with E-state index in [1.54, 1.807) is 0 Å². The summed E-state index contributed by atoms with van der Waals surface area (Å²) in [5.41, 5.74) is 0. The zero-order valence-corrected chi connectivity index (χ0v) is 19.3. The summed E-state index contributed by atoms with van der Waals surface area (Å²) in [5, 5.41) is 9.09. The van der Waals surface area contributed by atoms with E-state index in [9.17, 15) is 0 Å². The third kappa shape index (κ3) is 7.83. The van der Waals surface area contributed by atoms with Crippen molar-refractivity contribution in [3.05, 3.63) is 22.4 Å². The van der Waals surface area contributed by atoms with Gasteiger partial charge in [-0.3, -0.25) is 4.99 Å². The Morgan fingerprint density at radius 3 is 2.80 bits per heavy atom. The topological polar surface area (TPSA) is 39.7 Å². The summed E-state index contributed by atoms with van der Waals surface area (Å²) in [6.45, 7) is 14.2. The summed E-state index contributed by atoms with van der Waals surface area (Å²) < 4.78 is 0. The molecule has 25 heavy (non-hydrogen) atoms. The minimum absolute atomic E-state index is 0. The third-order valence-corrected chi connectivity index (χ3v) is 5.84. The van der Waals surface area contributed by atoms with Gasteiger partial charge in [-0.25, -0.2) is 0 Å². The van der Waals surface area contributed by atoms with Crippen molar-refractivity contribution in [3.8, 4) is 0 Å². The Morgan fingerprint density at radius 1 is 1.36 bits per heavy atom. The first kappa shape index (κ1) is 22.7. The first-order valence-corrected chi connectivity index (χ1v) is 10.3. The Hall–Kier alpha value is -0.340. The molecule has 1 aromatic heterocycles. The number of aliphatic imine (C=N–C) groups is 1. The van der Waals surface area contributed by atoms with Gasteiger partial charge in [0.2, 0.25) is 0 Å². The number of thiophene rings is 1. The largest absolute Gasteiger partial charge is 0.357 e. The lowest BCUT2D eigenvalue weighted by Gasteiger charge is -2.35. The summed E-state index contributed by atoms with van der Waals surface area (Å²) in [7, 11) is 0. The molecule has 2 unspecified atom stereocenters. The van der Waals surface area contributed by atoms with Gasteiger partial charge >= 0.3 is 0 Å². The summed E-state index contributed by atoms with van der Waals surface area (Å²) >= 11 is 1.82. The number of guanidine groups is 1. The standard InChI is InChI=1S/C19H34N4S.HI/c1-5-20-19(21-12-16(4)18-9-7-11-24-18)22-13-17-8-6-10-23(14-17)15(2)3;/h7,9,11,15-17H,5-6,8,10,12-14H2,1-4H3,(H2,20,21,22);1H. The molecular formula is C19H35IN4S. The van der Waals surface area contributed by atoms with Crippen LogP contribution in [0.4, 0.5) is 0 Å². The molecule has 0 amide bonds. The summed E-state index contributed by atoms with van der Waals surface area (Å²) in [6.07, 6.45) is 2.63. The lowest BCUT2D eigenvalue weighted by atomic mass is 9.97. The number of rotatable bonds is 7. The van der Waals surface area contributed by atoms with Crippen molar-refractivity contribution in [2.75, 3.05) is 32.7 Å². The minimum Gasteiger partial charge on any atom is -0.357 e. The monoisotopic (exact) mass is 478 g/mol. The fourth-order valence-electron chi connectivity index (χ4n) is 3.21. The van der Waals surface area contributed by atoms with Gasteiger partial charge in [-0.15, -0.1) is 35.3 Å². The Labute approximate surface area is 174 Å². The van der Waals surface area contributed by atoms with Gasteiger partial charge in [0, 0.05) is 36.5 Å². The van der Waals surface area contributed by atoms with Crippen LogP contribution in [0.3, 0.4) is 0 Å². The van der Waals surface area contributed by atoms with Crippen molar-refractivity contribution in [1.82, 2.24) is 15.5 Å². The molecule has 0 saturated carbocycles. The lowest BCUT2D eigenvalue weighted by molar-refractivity contribution is 0.141. The molecule has 2 rings (SSSR count). The summed E-state index contributed by atoms with van der Waals surface area (Å²) in [5.74, 6) is 2.16. The zero-order valence-electron chi connectivity index (χ0n) is 16.1. The fourth-order valence-corrected chi connectivity index (χ4v) is 3.98. The molecule has 0 radical (unpaired) electrons. The van der Waals surface area contributed by atoms with E-state index < -0.39 is 0 Å². The van der Waals surface area contributed by atoms with Crippen LogP contribution in [-0.4, -0.2) is 49.6 Å². The highest BCUT2D eigenvalue weighted by molar-refractivity contribution is 14.0. The number of likely N-dealkylation sites (tertiary alicyclic amines) is 1. The molecule has 0 spiro atoms. The highest BCUT2D eigenvalue weighted by Crippen LogP contribution is 2.21. The number of hydrogen-bond acceptors (Lipinski definition) is 3. The first-order chi connectivity index (χ1) is 11.6. The molecule has 2 heterocycles. The highest BCUT2D eigenvalue weighted by Gasteiger charge is 2.21. The Kier molecular flexibility index (Phi) is 11.0. The second-order valence-corrected chi connectivity index (χ2v) is 8.09. The average molecular weight is 478 g/mol. The van der Waals surface area contributed by atoms with Gasteiger partial charge in [0.05, 0.1) is 6.54 Å². The maximum atomic E-state index is 4.80. The van der Waals surface area contributed by atoms with Crippen LogP contribution in [-0.2, 0) is 0 Å². The van der Waals surface area contributed by atoms with E-state index in [1.807, 2.05) is 11.3 Å².